The normalized spacial score (nSPS) is 10.7. The second-order valence-electron chi connectivity index (χ2n) is 5.34. The molecule has 0 saturated carbocycles. The number of ketones is 1. The molecule has 0 spiro atoms. The minimum Gasteiger partial charge on any atom is -0.459 e. The minimum atomic E-state index is -0.329. The van der Waals surface area contributed by atoms with Gasteiger partial charge in [0.05, 0.1) is 18.6 Å². The van der Waals surface area contributed by atoms with E-state index in [2.05, 4.69) is 15.5 Å². The van der Waals surface area contributed by atoms with E-state index in [0.717, 1.165) is 0 Å². The minimum absolute atomic E-state index is 0.0256. The van der Waals surface area contributed by atoms with Crippen molar-refractivity contribution in [3.05, 3.63) is 64.8 Å². The molecule has 0 aliphatic rings. The first-order valence-corrected chi connectivity index (χ1v) is 9.02. The van der Waals surface area contributed by atoms with E-state index in [1.165, 1.54) is 18.0 Å². The van der Waals surface area contributed by atoms with Crippen molar-refractivity contribution in [3.8, 4) is 0 Å². The molecule has 0 bridgehead atoms. The zero-order valence-electron chi connectivity index (χ0n) is 13.8. The van der Waals surface area contributed by atoms with Crippen LogP contribution < -0.4 is 5.32 Å². The number of benzene rings is 1. The van der Waals surface area contributed by atoms with E-state index in [4.69, 9.17) is 16.0 Å². The van der Waals surface area contributed by atoms with Crippen LogP contribution in [0.3, 0.4) is 0 Å². The first-order valence-electron chi connectivity index (χ1n) is 7.66. The number of Topliss-reactive ketones (excluding diaryl/α,β-unsaturated/α-hetero) is 1. The van der Waals surface area contributed by atoms with E-state index in [1.807, 2.05) is 0 Å². The molecule has 0 saturated heterocycles. The van der Waals surface area contributed by atoms with Crippen LogP contribution in [0.4, 0.5) is 0 Å². The number of amides is 1. The molecule has 1 amide bonds. The van der Waals surface area contributed by atoms with Gasteiger partial charge in [-0.05, 0) is 36.4 Å². The second-order valence-corrected chi connectivity index (χ2v) is 6.72. The summed E-state index contributed by atoms with van der Waals surface area (Å²) in [5.74, 6) is 0.681. The van der Waals surface area contributed by atoms with E-state index in [1.54, 1.807) is 48.0 Å². The molecule has 3 aromatic rings. The maximum Gasteiger partial charge on any atom is 0.287 e. The molecule has 0 aliphatic carbocycles. The molecule has 134 valence electrons. The molecule has 0 aliphatic heterocycles. The summed E-state index contributed by atoms with van der Waals surface area (Å²) in [6.07, 6.45) is 1.43. The molecular formula is C17H15ClN4O3S. The summed E-state index contributed by atoms with van der Waals surface area (Å²) >= 11 is 7.11. The Morgan fingerprint density at radius 2 is 2.00 bits per heavy atom. The van der Waals surface area contributed by atoms with Crippen molar-refractivity contribution in [3.63, 3.8) is 0 Å². The predicted octanol–water partition coefficient (Wildman–Crippen LogP) is 2.97. The summed E-state index contributed by atoms with van der Waals surface area (Å²) < 4.78 is 6.77. The standard InChI is InChI=1S/C17H15ClN4O3S/c1-22-15(9-19-16(24)14-3-2-8-25-14)20-21-17(22)26-10-13(23)11-4-6-12(18)7-5-11/h2-8H,9-10H2,1H3,(H,19,24). The van der Waals surface area contributed by atoms with E-state index in [-0.39, 0.29) is 29.7 Å². The SMILES string of the molecule is Cn1c(CNC(=O)c2ccco2)nnc1SCC(=O)c1ccc(Cl)cc1. The Labute approximate surface area is 158 Å². The van der Waals surface area contributed by atoms with Crippen molar-refractivity contribution in [1.29, 1.82) is 0 Å². The summed E-state index contributed by atoms with van der Waals surface area (Å²) in [5.41, 5.74) is 0.593. The number of carbonyl (C=O) groups is 2. The lowest BCUT2D eigenvalue weighted by molar-refractivity contribution is 0.0921. The number of hydrogen-bond acceptors (Lipinski definition) is 6. The summed E-state index contributed by atoms with van der Waals surface area (Å²) in [7, 11) is 1.78. The highest BCUT2D eigenvalue weighted by Gasteiger charge is 2.14. The summed E-state index contributed by atoms with van der Waals surface area (Å²) in [4.78, 5) is 24.1. The summed E-state index contributed by atoms with van der Waals surface area (Å²) in [6, 6.07) is 9.97. The molecule has 0 unspecified atom stereocenters. The van der Waals surface area contributed by atoms with Crippen LogP contribution in [0.2, 0.25) is 5.02 Å². The Balaban J connectivity index is 1.56. The molecule has 0 atom stereocenters. The molecule has 3 rings (SSSR count). The quantitative estimate of drug-likeness (QED) is 0.492. The van der Waals surface area contributed by atoms with Crippen LogP contribution in [-0.2, 0) is 13.6 Å². The van der Waals surface area contributed by atoms with Gasteiger partial charge in [-0.2, -0.15) is 0 Å². The predicted molar refractivity (Wildman–Crippen MR) is 97.4 cm³/mol. The van der Waals surface area contributed by atoms with Gasteiger partial charge in [0, 0.05) is 17.6 Å². The van der Waals surface area contributed by atoms with Gasteiger partial charge in [0.1, 0.15) is 0 Å². The van der Waals surface area contributed by atoms with Crippen molar-refractivity contribution in [2.45, 2.75) is 11.7 Å². The fourth-order valence-electron chi connectivity index (χ4n) is 2.13. The highest BCUT2D eigenvalue weighted by Crippen LogP contribution is 2.18. The number of thioether (sulfide) groups is 1. The number of carbonyl (C=O) groups excluding carboxylic acids is 2. The molecule has 1 N–H and O–H groups in total. The van der Waals surface area contributed by atoms with E-state index in [9.17, 15) is 9.59 Å². The molecule has 0 radical (unpaired) electrons. The van der Waals surface area contributed by atoms with Crippen LogP contribution in [0.25, 0.3) is 0 Å². The number of furan rings is 1. The molecule has 2 heterocycles. The topological polar surface area (TPSA) is 90.0 Å². The largest absolute Gasteiger partial charge is 0.459 e. The van der Waals surface area contributed by atoms with Gasteiger partial charge < -0.3 is 14.3 Å². The molecule has 2 aromatic heterocycles. The lowest BCUT2D eigenvalue weighted by Gasteiger charge is -2.05. The lowest BCUT2D eigenvalue weighted by atomic mass is 10.1. The fraction of sp³-hybridized carbons (Fsp3) is 0.176. The summed E-state index contributed by atoms with van der Waals surface area (Å²) in [5, 5.41) is 12.0. The van der Waals surface area contributed by atoms with Crippen molar-refractivity contribution in [2.24, 2.45) is 7.05 Å². The van der Waals surface area contributed by atoms with Gasteiger partial charge in [0.15, 0.2) is 22.5 Å². The number of nitrogens with one attached hydrogen (secondary N) is 1. The Hall–Kier alpha value is -2.58. The first-order chi connectivity index (χ1) is 12.5. The Morgan fingerprint density at radius 1 is 1.23 bits per heavy atom. The van der Waals surface area contributed by atoms with Gasteiger partial charge in [-0.25, -0.2) is 0 Å². The number of aromatic nitrogens is 3. The van der Waals surface area contributed by atoms with E-state index < -0.39 is 0 Å². The van der Waals surface area contributed by atoms with Crippen molar-refractivity contribution < 1.29 is 14.0 Å². The first kappa shape index (κ1) is 18.2. The van der Waals surface area contributed by atoms with Crippen LogP contribution in [-0.4, -0.2) is 32.2 Å². The Bertz CT molecular complexity index is 907. The van der Waals surface area contributed by atoms with Gasteiger partial charge in [-0.1, -0.05) is 23.4 Å². The monoisotopic (exact) mass is 390 g/mol. The molecule has 0 fully saturated rings. The molecule has 1 aromatic carbocycles. The van der Waals surface area contributed by atoms with E-state index >= 15 is 0 Å². The Morgan fingerprint density at radius 3 is 2.69 bits per heavy atom. The molecule has 26 heavy (non-hydrogen) atoms. The van der Waals surface area contributed by atoms with Crippen LogP contribution in [0.5, 0.6) is 0 Å². The molecule has 9 heteroatoms. The fourth-order valence-corrected chi connectivity index (χ4v) is 3.08. The number of rotatable bonds is 7. The van der Waals surface area contributed by atoms with Crippen LogP contribution in [0.1, 0.15) is 26.7 Å². The van der Waals surface area contributed by atoms with Gasteiger partial charge in [0.25, 0.3) is 5.91 Å². The Kier molecular flexibility index (Phi) is 5.75. The highest BCUT2D eigenvalue weighted by molar-refractivity contribution is 7.99. The van der Waals surface area contributed by atoms with Crippen molar-refractivity contribution in [2.75, 3.05) is 5.75 Å². The third kappa shape index (κ3) is 4.33. The van der Waals surface area contributed by atoms with Crippen LogP contribution in [0, 0.1) is 0 Å². The molecular weight excluding hydrogens is 376 g/mol. The number of hydrogen-bond donors (Lipinski definition) is 1. The zero-order chi connectivity index (χ0) is 18.5. The number of nitrogens with zero attached hydrogens (tertiary/aromatic N) is 3. The summed E-state index contributed by atoms with van der Waals surface area (Å²) in [6.45, 7) is 0.203. The second kappa shape index (κ2) is 8.20. The third-order valence-electron chi connectivity index (χ3n) is 3.58. The maximum absolute atomic E-state index is 12.2. The number of halogens is 1. The van der Waals surface area contributed by atoms with E-state index in [0.29, 0.717) is 21.6 Å². The molecule has 7 nitrogen and oxygen atoms in total. The smallest absolute Gasteiger partial charge is 0.287 e. The van der Waals surface area contributed by atoms with Crippen molar-refractivity contribution in [1.82, 2.24) is 20.1 Å². The third-order valence-corrected chi connectivity index (χ3v) is 4.85. The van der Waals surface area contributed by atoms with Gasteiger partial charge in [0.2, 0.25) is 0 Å². The van der Waals surface area contributed by atoms with Crippen molar-refractivity contribution >= 4 is 35.1 Å². The highest BCUT2D eigenvalue weighted by atomic mass is 35.5. The van der Waals surface area contributed by atoms with Gasteiger partial charge >= 0.3 is 0 Å². The van der Waals surface area contributed by atoms with Crippen LogP contribution >= 0.6 is 23.4 Å². The van der Waals surface area contributed by atoms with Gasteiger partial charge in [-0.15, -0.1) is 10.2 Å². The van der Waals surface area contributed by atoms with Gasteiger partial charge in [-0.3, -0.25) is 9.59 Å². The average Bonchev–Trinajstić information content (AvgIpc) is 3.29. The average molecular weight is 391 g/mol. The lowest BCUT2D eigenvalue weighted by Crippen LogP contribution is -2.24. The van der Waals surface area contributed by atoms with Crippen LogP contribution in [0.15, 0.2) is 52.2 Å². The zero-order valence-corrected chi connectivity index (χ0v) is 15.4. The maximum atomic E-state index is 12.2.